The molecule has 0 spiro atoms. The Kier molecular flexibility index (Phi) is 3.68. The van der Waals surface area contributed by atoms with Gasteiger partial charge < -0.3 is 0 Å². The number of aryl methyl sites for hydroxylation is 1. The molecule has 2 rings (SSSR count). The highest BCUT2D eigenvalue weighted by atomic mass is 32.2. The molecule has 0 aliphatic heterocycles. The maximum atomic E-state index is 12.5. The molecule has 0 fully saturated rings. The van der Waals surface area contributed by atoms with Crippen LogP contribution in [0.4, 0.5) is 0 Å². The zero-order valence-electron chi connectivity index (χ0n) is 10.4. The number of benzene rings is 2. The fourth-order valence-electron chi connectivity index (χ4n) is 1.81. The Morgan fingerprint density at radius 1 is 1.00 bits per heavy atom. The van der Waals surface area contributed by atoms with Crippen LogP contribution in [0.2, 0.25) is 0 Å². The van der Waals surface area contributed by atoms with E-state index in [9.17, 15) is 13.7 Å². The van der Waals surface area contributed by atoms with Crippen LogP contribution in [0.3, 0.4) is 0 Å². The van der Waals surface area contributed by atoms with Crippen LogP contribution in [0.1, 0.15) is 16.4 Å². The first-order valence-corrected chi connectivity index (χ1v) is 7.35. The second-order valence-electron chi connectivity index (χ2n) is 4.28. The molecule has 4 heteroatoms. The Labute approximate surface area is 113 Å². The van der Waals surface area contributed by atoms with Gasteiger partial charge in [0.25, 0.3) is 0 Å². The topological polar surface area (TPSA) is 57.9 Å². The summed E-state index contributed by atoms with van der Waals surface area (Å²) >= 11 is 0. The van der Waals surface area contributed by atoms with Gasteiger partial charge in [0, 0.05) is 0 Å². The molecule has 0 saturated heterocycles. The summed E-state index contributed by atoms with van der Waals surface area (Å²) in [4.78, 5) is 0.175. The predicted octanol–water partition coefficient (Wildman–Crippen LogP) is 3.03. The number of nitriles is 1. The van der Waals surface area contributed by atoms with E-state index in [-0.39, 0.29) is 4.90 Å². The van der Waals surface area contributed by atoms with E-state index < -0.39 is 15.1 Å². The van der Waals surface area contributed by atoms with Crippen molar-refractivity contribution in [1.82, 2.24) is 0 Å². The van der Waals surface area contributed by atoms with Crippen molar-refractivity contribution >= 4 is 9.84 Å². The smallest absolute Gasteiger partial charge is 0.198 e. The van der Waals surface area contributed by atoms with Gasteiger partial charge in [-0.05, 0) is 24.6 Å². The van der Waals surface area contributed by atoms with Crippen LogP contribution in [0, 0.1) is 18.3 Å². The quantitative estimate of drug-likeness (QED) is 0.862. The summed E-state index contributed by atoms with van der Waals surface area (Å²) in [5.74, 6) is 0. The highest BCUT2D eigenvalue weighted by Gasteiger charge is 2.28. The van der Waals surface area contributed by atoms with Crippen LogP contribution in [0.25, 0.3) is 0 Å². The van der Waals surface area contributed by atoms with Crippen molar-refractivity contribution in [3.63, 3.8) is 0 Å². The molecular weight excluding hydrogens is 258 g/mol. The summed E-state index contributed by atoms with van der Waals surface area (Å²) in [6.07, 6.45) is 0. The number of hydrogen-bond acceptors (Lipinski definition) is 3. The van der Waals surface area contributed by atoms with Crippen molar-refractivity contribution in [2.24, 2.45) is 0 Å². The molecule has 2 aromatic carbocycles. The molecule has 0 bridgehead atoms. The van der Waals surface area contributed by atoms with E-state index in [1.54, 1.807) is 42.5 Å². The lowest BCUT2D eigenvalue weighted by atomic mass is 10.2. The monoisotopic (exact) mass is 271 g/mol. The average Bonchev–Trinajstić information content (AvgIpc) is 2.41. The second kappa shape index (κ2) is 5.25. The summed E-state index contributed by atoms with van der Waals surface area (Å²) in [6, 6.07) is 17.0. The fraction of sp³-hybridized carbons (Fsp3) is 0.133. The lowest BCUT2D eigenvalue weighted by Gasteiger charge is -2.11. The van der Waals surface area contributed by atoms with Crippen LogP contribution in [-0.4, -0.2) is 8.42 Å². The van der Waals surface area contributed by atoms with Crippen LogP contribution >= 0.6 is 0 Å². The minimum atomic E-state index is -3.68. The third-order valence-corrected chi connectivity index (χ3v) is 4.81. The van der Waals surface area contributed by atoms with Crippen LogP contribution in [0.5, 0.6) is 0 Å². The highest BCUT2D eigenvalue weighted by Crippen LogP contribution is 2.28. The van der Waals surface area contributed by atoms with Crippen molar-refractivity contribution in [3.05, 3.63) is 65.7 Å². The summed E-state index contributed by atoms with van der Waals surface area (Å²) < 4.78 is 24.9. The molecule has 3 nitrogen and oxygen atoms in total. The normalized spacial score (nSPS) is 12.6. The second-order valence-corrected chi connectivity index (χ2v) is 6.31. The molecular formula is C15H13NO2S. The van der Waals surface area contributed by atoms with Gasteiger partial charge in [-0.25, -0.2) is 8.42 Å². The minimum Gasteiger partial charge on any atom is -0.222 e. The van der Waals surface area contributed by atoms with E-state index in [0.29, 0.717) is 5.56 Å². The summed E-state index contributed by atoms with van der Waals surface area (Å²) in [5.41, 5.74) is 1.47. The predicted molar refractivity (Wildman–Crippen MR) is 73.2 cm³/mol. The maximum Gasteiger partial charge on any atom is 0.198 e. The molecule has 0 aliphatic carbocycles. The van der Waals surface area contributed by atoms with E-state index in [4.69, 9.17) is 0 Å². The average molecular weight is 271 g/mol. The third-order valence-electron chi connectivity index (χ3n) is 2.88. The van der Waals surface area contributed by atoms with Crippen LogP contribution in [-0.2, 0) is 9.84 Å². The van der Waals surface area contributed by atoms with Gasteiger partial charge in [0.15, 0.2) is 15.1 Å². The fourth-order valence-corrected chi connectivity index (χ4v) is 3.26. The Bertz CT molecular complexity index is 698. The van der Waals surface area contributed by atoms with Crippen molar-refractivity contribution in [1.29, 1.82) is 5.26 Å². The van der Waals surface area contributed by atoms with Gasteiger partial charge >= 0.3 is 0 Å². The van der Waals surface area contributed by atoms with Gasteiger partial charge in [-0.2, -0.15) is 5.26 Å². The third kappa shape index (κ3) is 2.67. The summed E-state index contributed by atoms with van der Waals surface area (Å²) in [7, 11) is -3.68. The number of sulfone groups is 1. The molecule has 0 aliphatic rings. The number of hydrogen-bond donors (Lipinski definition) is 0. The van der Waals surface area contributed by atoms with Crippen LogP contribution < -0.4 is 0 Å². The number of rotatable bonds is 3. The zero-order valence-corrected chi connectivity index (χ0v) is 11.3. The maximum absolute atomic E-state index is 12.5. The highest BCUT2D eigenvalue weighted by molar-refractivity contribution is 7.92. The first kappa shape index (κ1) is 13.3. The summed E-state index contributed by atoms with van der Waals surface area (Å²) in [5, 5.41) is 8.03. The van der Waals surface area contributed by atoms with Crippen molar-refractivity contribution in [3.8, 4) is 6.07 Å². The van der Waals surface area contributed by atoms with Crippen molar-refractivity contribution in [2.45, 2.75) is 17.1 Å². The molecule has 2 aromatic rings. The molecule has 0 heterocycles. The Morgan fingerprint density at radius 2 is 1.58 bits per heavy atom. The molecule has 19 heavy (non-hydrogen) atoms. The van der Waals surface area contributed by atoms with E-state index in [1.807, 2.05) is 13.0 Å². The van der Waals surface area contributed by atoms with Gasteiger partial charge in [0.1, 0.15) is 0 Å². The van der Waals surface area contributed by atoms with Gasteiger partial charge in [0.2, 0.25) is 0 Å². The standard InChI is InChI=1S/C15H13NO2S/c1-12-7-9-14(10-8-12)19(17,18)15(11-16)13-5-3-2-4-6-13/h2-10,15H,1H3. The lowest BCUT2D eigenvalue weighted by molar-refractivity contribution is 0.591. The van der Waals surface area contributed by atoms with Crippen molar-refractivity contribution in [2.75, 3.05) is 0 Å². The SMILES string of the molecule is Cc1ccc(S(=O)(=O)C(C#N)c2ccccc2)cc1. The van der Waals surface area contributed by atoms with Crippen LogP contribution in [0.15, 0.2) is 59.5 Å². The molecule has 0 amide bonds. The molecule has 0 aromatic heterocycles. The van der Waals surface area contributed by atoms with E-state index >= 15 is 0 Å². The number of nitrogens with zero attached hydrogens (tertiary/aromatic N) is 1. The molecule has 1 unspecified atom stereocenters. The Balaban J connectivity index is 2.49. The van der Waals surface area contributed by atoms with Gasteiger partial charge in [-0.3, -0.25) is 0 Å². The van der Waals surface area contributed by atoms with Gasteiger partial charge in [-0.15, -0.1) is 0 Å². The van der Waals surface area contributed by atoms with E-state index in [1.165, 1.54) is 12.1 Å². The molecule has 0 radical (unpaired) electrons. The minimum absolute atomic E-state index is 0.175. The van der Waals surface area contributed by atoms with Gasteiger partial charge in [-0.1, -0.05) is 48.0 Å². The van der Waals surface area contributed by atoms with Gasteiger partial charge in [0.05, 0.1) is 11.0 Å². The summed E-state index contributed by atoms with van der Waals surface area (Å²) in [6.45, 7) is 1.88. The van der Waals surface area contributed by atoms with E-state index in [2.05, 4.69) is 0 Å². The first-order valence-electron chi connectivity index (χ1n) is 5.81. The zero-order chi connectivity index (χ0) is 13.9. The largest absolute Gasteiger partial charge is 0.222 e. The Hall–Kier alpha value is -2.12. The first-order chi connectivity index (χ1) is 9.05. The Morgan fingerprint density at radius 3 is 2.11 bits per heavy atom. The van der Waals surface area contributed by atoms with E-state index in [0.717, 1.165) is 5.56 Å². The lowest BCUT2D eigenvalue weighted by Crippen LogP contribution is -2.12. The molecule has 0 saturated carbocycles. The van der Waals surface area contributed by atoms with Crippen molar-refractivity contribution < 1.29 is 8.42 Å². The molecule has 96 valence electrons. The molecule has 0 N–H and O–H groups in total. The molecule has 1 atom stereocenters.